The topological polar surface area (TPSA) is 119 Å². The van der Waals surface area contributed by atoms with Gasteiger partial charge >= 0.3 is 5.69 Å². The van der Waals surface area contributed by atoms with Crippen molar-refractivity contribution in [3.63, 3.8) is 0 Å². The van der Waals surface area contributed by atoms with E-state index in [9.17, 15) is 14.5 Å². The number of hydrazine groups is 1. The Bertz CT molecular complexity index is 663. The summed E-state index contributed by atoms with van der Waals surface area (Å²) < 4.78 is 13.0. The molecule has 0 amide bonds. The van der Waals surface area contributed by atoms with E-state index < -0.39 is 10.7 Å². The smallest absolute Gasteiger partial charge is 0.329 e. The molecular formula is C11H11FN6O2. The van der Waals surface area contributed by atoms with E-state index in [4.69, 9.17) is 5.84 Å². The number of anilines is 3. The molecule has 9 heteroatoms. The molecule has 104 valence electrons. The fourth-order valence-corrected chi connectivity index (χ4v) is 1.57. The van der Waals surface area contributed by atoms with Crippen LogP contribution in [0.5, 0.6) is 0 Å². The first kappa shape index (κ1) is 13.6. The third-order valence-electron chi connectivity index (χ3n) is 2.54. The van der Waals surface area contributed by atoms with Crippen LogP contribution in [-0.4, -0.2) is 14.9 Å². The molecule has 0 unspecified atom stereocenters. The van der Waals surface area contributed by atoms with Gasteiger partial charge in [-0.15, -0.1) is 0 Å². The molecule has 8 nitrogen and oxygen atoms in total. The van der Waals surface area contributed by atoms with Gasteiger partial charge in [0, 0.05) is 5.69 Å². The summed E-state index contributed by atoms with van der Waals surface area (Å²) >= 11 is 0. The highest BCUT2D eigenvalue weighted by Gasteiger charge is 2.18. The molecule has 0 radical (unpaired) electrons. The number of benzene rings is 1. The predicted molar refractivity (Wildman–Crippen MR) is 70.9 cm³/mol. The van der Waals surface area contributed by atoms with Gasteiger partial charge in [0.2, 0.25) is 11.8 Å². The highest BCUT2D eigenvalue weighted by molar-refractivity contribution is 5.68. The van der Waals surface area contributed by atoms with Crippen LogP contribution < -0.4 is 16.6 Å². The minimum atomic E-state index is -0.624. The molecule has 0 aliphatic carbocycles. The van der Waals surface area contributed by atoms with Crippen LogP contribution in [0.25, 0.3) is 0 Å². The van der Waals surface area contributed by atoms with Gasteiger partial charge in [0.25, 0.3) is 0 Å². The van der Waals surface area contributed by atoms with E-state index in [-0.39, 0.29) is 17.5 Å². The van der Waals surface area contributed by atoms with E-state index in [1.54, 1.807) is 6.92 Å². The molecule has 0 saturated carbocycles. The van der Waals surface area contributed by atoms with Gasteiger partial charge in [0.05, 0.1) is 4.92 Å². The SMILES string of the molecule is Cc1cc(F)ccc1Nc1nc(NN)ncc1[N+](=O)[O-]. The maximum atomic E-state index is 13.0. The van der Waals surface area contributed by atoms with Gasteiger partial charge < -0.3 is 5.32 Å². The van der Waals surface area contributed by atoms with Gasteiger partial charge in [-0.25, -0.2) is 15.2 Å². The minimum Gasteiger partial charge on any atom is -0.334 e. The number of nitrogens with two attached hydrogens (primary N) is 1. The highest BCUT2D eigenvalue weighted by Crippen LogP contribution is 2.27. The second kappa shape index (κ2) is 5.45. The van der Waals surface area contributed by atoms with Gasteiger partial charge in [-0.3, -0.25) is 15.5 Å². The fraction of sp³-hybridized carbons (Fsp3) is 0.0909. The fourth-order valence-electron chi connectivity index (χ4n) is 1.57. The van der Waals surface area contributed by atoms with Gasteiger partial charge in [0.1, 0.15) is 12.0 Å². The Hall–Kier alpha value is -2.81. The first-order valence-corrected chi connectivity index (χ1v) is 5.52. The molecule has 0 spiro atoms. The molecule has 4 N–H and O–H groups in total. The molecular weight excluding hydrogens is 267 g/mol. The molecule has 2 aromatic rings. The van der Waals surface area contributed by atoms with Gasteiger partial charge in [0.15, 0.2) is 0 Å². The number of rotatable bonds is 4. The number of nitro groups is 1. The van der Waals surface area contributed by atoms with E-state index in [1.165, 1.54) is 18.2 Å². The van der Waals surface area contributed by atoms with E-state index >= 15 is 0 Å². The Morgan fingerprint density at radius 2 is 2.20 bits per heavy atom. The highest BCUT2D eigenvalue weighted by atomic mass is 19.1. The number of nitrogen functional groups attached to an aromatic ring is 1. The molecule has 1 aromatic carbocycles. The van der Waals surface area contributed by atoms with Crippen LogP contribution in [-0.2, 0) is 0 Å². The normalized spacial score (nSPS) is 10.2. The molecule has 1 aromatic heterocycles. The number of hydrogen-bond acceptors (Lipinski definition) is 7. The average molecular weight is 278 g/mol. The maximum absolute atomic E-state index is 13.0. The molecule has 0 aliphatic rings. The summed E-state index contributed by atoms with van der Waals surface area (Å²) in [6.45, 7) is 1.67. The van der Waals surface area contributed by atoms with Crippen molar-refractivity contribution < 1.29 is 9.31 Å². The standard InChI is InChI=1S/C11H11FN6O2/c1-6-4-7(12)2-3-8(6)15-10-9(18(19)20)5-14-11(16-10)17-13/h2-5H,13H2,1H3,(H2,14,15,16,17). The Labute approximate surface area is 113 Å². The molecule has 0 bridgehead atoms. The summed E-state index contributed by atoms with van der Waals surface area (Å²) in [7, 11) is 0. The Kier molecular flexibility index (Phi) is 3.71. The predicted octanol–water partition coefficient (Wildman–Crippen LogP) is 1.86. The van der Waals surface area contributed by atoms with Crippen LogP contribution >= 0.6 is 0 Å². The van der Waals surface area contributed by atoms with Crippen molar-refractivity contribution in [2.24, 2.45) is 5.84 Å². The lowest BCUT2D eigenvalue weighted by molar-refractivity contribution is -0.384. The number of nitrogens with zero attached hydrogens (tertiary/aromatic N) is 3. The summed E-state index contributed by atoms with van der Waals surface area (Å²) in [4.78, 5) is 17.8. The van der Waals surface area contributed by atoms with Crippen LogP contribution in [0.15, 0.2) is 24.4 Å². The quantitative estimate of drug-likeness (QED) is 0.443. The Morgan fingerprint density at radius 3 is 2.80 bits per heavy atom. The monoisotopic (exact) mass is 278 g/mol. The third-order valence-corrected chi connectivity index (χ3v) is 2.54. The number of aromatic nitrogens is 2. The lowest BCUT2D eigenvalue weighted by atomic mass is 10.2. The number of hydrogen-bond donors (Lipinski definition) is 3. The Balaban J connectivity index is 2.43. The zero-order valence-corrected chi connectivity index (χ0v) is 10.4. The van der Waals surface area contributed by atoms with Crippen LogP contribution in [0.3, 0.4) is 0 Å². The molecule has 0 saturated heterocycles. The van der Waals surface area contributed by atoms with Gasteiger partial charge in [-0.1, -0.05) is 0 Å². The van der Waals surface area contributed by atoms with E-state index in [0.29, 0.717) is 11.3 Å². The third kappa shape index (κ3) is 2.78. The van der Waals surface area contributed by atoms with E-state index in [0.717, 1.165) is 6.20 Å². The lowest BCUT2D eigenvalue weighted by Crippen LogP contribution is -2.12. The molecule has 2 rings (SSSR count). The molecule has 0 aliphatic heterocycles. The number of halogens is 1. The lowest BCUT2D eigenvalue weighted by Gasteiger charge is -2.09. The maximum Gasteiger partial charge on any atom is 0.329 e. The van der Waals surface area contributed by atoms with Crippen molar-refractivity contribution in [3.8, 4) is 0 Å². The van der Waals surface area contributed by atoms with Crippen molar-refractivity contribution >= 4 is 23.1 Å². The minimum absolute atomic E-state index is 0.0258. The summed E-state index contributed by atoms with van der Waals surface area (Å²) in [6.07, 6.45) is 1.03. The van der Waals surface area contributed by atoms with Gasteiger partial charge in [-0.2, -0.15) is 4.98 Å². The second-order valence-electron chi connectivity index (χ2n) is 3.91. The van der Waals surface area contributed by atoms with Crippen molar-refractivity contribution in [2.45, 2.75) is 6.92 Å². The van der Waals surface area contributed by atoms with Crippen molar-refractivity contribution in [3.05, 3.63) is 45.9 Å². The molecule has 0 fully saturated rings. The van der Waals surface area contributed by atoms with Crippen LogP contribution in [0.2, 0.25) is 0 Å². The van der Waals surface area contributed by atoms with Gasteiger partial charge in [-0.05, 0) is 30.7 Å². The van der Waals surface area contributed by atoms with Crippen molar-refractivity contribution in [1.82, 2.24) is 9.97 Å². The van der Waals surface area contributed by atoms with Crippen LogP contribution in [0.1, 0.15) is 5.56 Å². The van der Waals surface area contributed by atoms with Crippen LogP contribution in [0.4, 0.5) is 27.5 Å². The van der Waals surface area contributed by atoms with Crippen LogP contribution in [0, 0.1) is 22.9 Å². The largest absolute Gasteiger partial charge is 0.334 e. The second-order valence-corrected chi connectivity index (χ2v) is 3.91. The number of nitrogens with one attached hydrogen (secondary N) is 2. The van der Waals surface area contributed by atoms with E-state index in [2.05, 4.69) is 20.7 Å². The van der Waals surface area contributed by atoms with E-state index in [1.807, 2.05) is 0 Å². The summed E-state index contributed by atoms with van der Waals surface area (Å²) in [6, 6.07) is 4.01. The first-order chi connectivity index (χ1) is 9.51. The summed E-state index contributed by atoms with van der Waals surface area (Å²) in [5.41, 5.74) is 2.97. The molecule has 1 heterocycles. The zero-order valence-electron chi connectivity index (χ0n) is 10.4. The molecule has 0 atom stereocenters. The number of aryl methyl sites for hydroxylation is 1. The van der Waals surface area contributed by atoms with Crippen molar-refractivity contribution in [2.75, 3.05) is 10.7 Å². The van der Waals surface area contributed by atoms with Crippen molar-refractivity contribution in [1.29, 1.82) is 0 Å². The summed E-state index contributed by atoms with van der Waals surface area (Å²) in [5, 5.41) is 13.7. The summed E-state index contributed by atoms with van der Waals surface area (Å²) in [5.74, 6) is 4.76. The average Bonchev–Trinajstić information content (AvgIpc) is 2.41. The first-order valence-electron chi connectivity index (χ1n) is 5.52. The Morgan fingerprint density at radius 1 is 1.45 bits per heavy atom. The molecule has 20 heavy (non-hydrogen) atoms. The zero-order chi connectivity index (χ0) is 14.7.